The number of hydrogen-bond acceptors (Lipinski definition) is 3. The van der Waals surface area contributed by atoms with Crippen molar-refractivity contribution in [1.82, 2.24) is 0 Å². The fraction of sp³-hybridized carbons (Fsp3) is 0.500. The Morgan fingerprint density at radius 1 is 1.36 bits per heavy atom. The summed E-state index contributed by atoms with van der Waals surface area (Å²) in [7, 11) is 0. The second kappa shape index (κ2) is 5.13. The first kappa shape index (κ1) is 10.4. The molecule has 0 aromatic heterocycles. The molecule has 0 spiro atoms. The topological polar surface area (TPSA) is 34.1 Å². The standard InChI is InChI=1S/C8H12O2S/c1-6(9)4-8(11-3)5-7(2)10/h4H,5H2,1-3H3/b8-4-. The molecule has 11 heavy (non-hydrogen) atoms. The molecule has 3 heteroatoms. The molecule has 0 fully saturated rings. The van der Waals surface area contributed by atoms with Gasteiger partial charge in [-0.15, -0.1) is 11.8 Å². The first-order valence-corrected chi connectivity index (χ1v) is 4.53. The Morgan fingerprint density at radius 3 is 2.18 bits per heavy atom. The third-order valence-electron chi connectivity index (χ3n) is 1.05. The summed E-state index contributed by atoms with van der Waals surface area (Å²) in [6.07, 6.45) is 3.74. The molecule has 0 atom stereocenters. The molecule has 0 aromatic rings. The lowest BCUT2D eigenvalue weighted by Crippen LogP contribution is -1.93. The van der Waals surface area contributed by atoms with Gasteiger partial charge in [-0.2, -0.15) is 0 Å². The normalized spacial score (nSPS) is 11.4. The summed E-state index contributed by atoms with van der Waals surface area (Å²) < 4.78 is 0. The monoisotopic (exact) mass is 172 g/mol. The summed E-state index contributed by atoms with van der Waals surface area (Å²) >= 11 is 1.45. The molecule has 0 unspecified atom stereocenters. The minimum absolute atomic E-state index is 0.00407. The van der Waals surface area contributed by atoms with Gasteiger partial charge in [-0.05, 0) is 31.1 Å². The SMILES string of the molecule is CS/C(=C\C(C)=O)CC(C)=O. The fourth-order valence-electron chi connectivity index (χ4n) is 0.654. The van der Waals surface area contributed by atoms with E-state index in [4.69, 9.17) is 0 Å². The molecule has 0 amide bonds. The van der Waals surface area contributed by atoms with E-state index < -0.39 is 0 Å². The van der Waals surface area contributed by atoms with Gasteiger partial charge in [0.25, 0.3) is 0 Å². The van der Waals surface area contributed by atoms with Gasteiger partial charge in [0.1, 0.15) is 5.78 Å². The third-order valence-corrected chi connectivity index (χ3v) is 1.84. The molecule has 0 saturated carbocycles. The van der Waals surface area contributed by atoms with E-state index in [1.807, 2.05) is 6.26 Å². The Labute approximate surface area is 71.1 Å². The van der Waals surface area contributed by atoms with E-state index in [0.717, 1.165) is 4.91 Å². The smallest absolute Gasteiger partial charge is 0.153 e. The van der Waals surface area contributed by atoms with Crippen molar-refractivity contribution in [3.05, 3.63) is 11.0 Å². The van der Waals surface area contributed by atoms with Gasteiger partial charge in [0, 0.05) is 6.42 Å². The van der Waals surface area contributed by atoms with Gasteiger partial charge >= 0.3 is 0 Å². The number of hydrogen-bond donors (Lipinski definition) is 0. The molecular weight excluding hydrogens is 160 g/mol. The van der Waals surface area contributed by atoms with E-state index in [0.29, 0.717) is 6.42 Å². The number of carbonyl (C=O) groups excluding carboxylic acids is 2. The van der Waals surface area contributed by atoms with Crippen LogP contribution in [0.1, 0.15) is 20.3 Å². The number of thioether (sulfide) groups is 1. The zero-order valence-electron chi connectivity index (χ0n) is 7.01. The van der Waals surface area contributed by atoms with Crippen LogP contribution in [0.2, 0.25) is 0 Å². The number of rotatable bonds is 4. The van der Waals surface area contributed by atoms with Crippen LogP contribution in [0.25, 0.3) is 0 Å². The lowest BCUT2D eigenvalue weighted by atomic mass is 10.2. The molecule has 0 rings (SSSR count). The van der Waals surface area contributed by atoms with E-state index in [1.165, 1.54) is 31.7 Å². The van der Waals surface area contributed by atoms with Crippen LogP contribution in [0.4, 0.5) is 0 Å². The summed E-state index contributed by atoms with van der Waals surface area (Å²) in [5, 5.41) is 0. The van der Waals surface area contributed by atoms with Gasteiger partial charge in [-0.3, -0.25) is 9.59 Å². The van der Waals surface area contributed by atoms with E-state index in [9.17, 15) is 9.59 Å². The molecule has 62 valence electrons. The highest BCUT2D eigenvalue weighted by Crippen LogP contribution is 2.15. The molecule has 0 aliphatic heterocycles. The zero-order chi connectivity index (χ0) is 8.85. The Kier molecular flexibility index (Phi) is 4.86. The van der Waals surface area contributed by atoms with Crippen molar-refractivity contribution in [2.45, 2.75) is 20.3 Å². The summed E-state index contributed by atoms with van der Waals surface area (Å²) in [5.41, 5.74) is 0. The maximum atomic E-state index is 10.6. The van der Waals surface area contributed by atoms with Gasteiger partial charge in [0.2, 0.25) is 0 Å². The lowest BCUT2D eigenvalue weighted by Gasteiger charge is -1.97. The van der Waals surface area contributed by atoms with Crippen LogP contribution in [0.15, 0.2) is 11.0 Å². The minimum Gasteiger partial charge on any atom is -0.300 e. The summed E-state index contributed by atoms with van der Waals surface area (Å²) in [6.45, 7) is 3.00. The molecule has 0 aliphatic rings. The van der Waals surface area contributed by atoms with Crippen molar-refractivity contribution in [3.63, 3.8) is 0 Å². The van der Waals surface area contributed by atoms with Gasteiger partial charge < -0.3 is 0 Å². The fourth-order valence-corrected chi connectivity index (χ4v) is 1.29. The van der Waals surface area contributed by atoms with E-state index in [-0.39, 0.29) is 11.6 Å². The van der Waals surface area contributed by atoms with Crippen molar-refractivity contribution < 1.29 is 9.59 Å². The van der Waals surface area contributed by atoms with Crippen molar-refractivity contribution in [2.75, 3.05) is 6.26 Å². The molecule has 0 bridgehead atoms. The molecule has 2 nitrogen and oxygen atoms in total. The second-order valence-corrected chi connectivity index (χ2v) is 3.24. The van der Waals surface area contributed by atoms with Crippen molar-refractivity contribution in [2.24, 2.45) is 0 Å². The number of allylic oxidation sites excluding steroid dienone is 2. The van der Waals surface area contributed by atoms with Gasteiger partial charge in [0.05, 0.1) is 0 Å². The highest BCUT2D eigenvalue weighted by molar-refractivity contribution is 8.02. The van der Waals surface area contributed by atoms with Crippen molar-refractivity contribution in [3.8, 4) is 0 Å². The van der Waals surface area contributed by atoms with Crippen molar-refractivity contribution in [1.29, 1.82) is 0 Å². The molecular formula is C8H12O2S. The summed E-state index contributed by atoms with van der Waals surface area (Å²) in [5.74, 6) is 0.0856. The highest BCUT2D eigenvalue weighted by Gasteiger charge is 2.00. The number of ketones is 2. The molecule has 0 heterocycles. The van der Waals surface area contributed by atoms with Crippen LogP contribution < -0.4 is 0 Å². The van der Waals surface area contributed by atoms with E-state index in [1.54, 1.807) is 0 Å². The van der Waals surface area contributed by atoms with Crippen LogP contribution in [0.3, 0.4) is 0 Å². The van der Waals surface area contributed by atoms with Gasteiger partial charge in [0.15, 0.2) is 5.78 Å². The molecule has 0 N–H and O–H groups in total. The minimum atomic E-state index is -0.00407. The Balaban J connectivity index is 4.16. The van der Waals surface area contributed by atoms with Crippen molar-refractivity contribution >= 4 is 23.3 Å². The van der Waals surface area contributed by atoms with E-state index in [2.05, 4.69) is 0 Å². The van der Waals surface area contributed by atoms with Crippen LogP contribution in [0, 0.1) is 0 Å². The number of carbonyl (C=O) groups is 2. The van der Waals surface area contributed by atoms with Crippen LogP contribution in [-0.2, 0) is 9.59 Å². The number of Topliss-reactive ketones (excluding diaryl/α,β-unsaturated/α-hetero) is 1. The van der Waals surface area contributed by atoms with Crippen LogP contribution in [0.5, 0.6) is 0 Å². The largest absolute Gasteiger partial charge is 0.300 e. The van der Waals surface area contributed by atoms with E-state index >= 15 is 0 Å². The highest BCUT2D eigenvalue weighted by atomic mass is 32.2. The zero-order valence-corrected chi connectivity index (χ0v) is 7.83. The molecule has 0 aliphatic carbocycles. The summed E-state index contributed by atoms with van der Waals surface area (Å²) in [6, 6.07) is 0. The lowest BCUT2D eigenvalue weighted by molar-refractivity contribution is -0.116. The average molecular weight is 172 g/mol. The Hall–Kier alpha value is -0.570. The maximum Gasteiger partial charge on any atom is 0.153 e. The second-order valence-electron chi connectivity index (χ2n) is 2.30. The molecule has 0 radical (unpaired) electrons. The predicted molar refractivity (Wildman–Crippen MR) is 47.6 cm³/mol. The molecule has 0 aromatic carbocycles. The summed E-state index contributed by atoms with van der Waals surface area (Å²) in [4.78, 5) is 22.1. The van der Waals surface area contributed by atoms with Gasteiger partial charge in [-0.1, -0.05) is 0 Å². The van der Waals surface area contributed by atoms with Gasteiger partial charge in [-0.25, -0.2) is 0 Å². The Bertz CT molecular complexity index is 194. The Morgan fingerprint density at radius 2 is 1.91 bits per heavy atom. The maximum absolute atomic E-state index is 10.6. The average Bonchev–Trinajstić information content (AvgIpc) is 1.84. The van der Waals surface area contributed by atoms with Crippen LogP contribution in [-0.4, -0.2) is 17.8 Å². The first-order chi connectivity index (χ1) is 5.06. The van der Waals surface area contributed by atoms with Crippen LogP contribution >= 0.6 is 11.8 Å². The molecule has 0 saturated heterocycles. The third kappa shape index (κ3) is 5.85. The quantitative estimate of drug-likeness (QED) is 0.606. The first-order valence-electron chi connectivity index (χ1n) is 3.31. The predicted octanol–water partition coefficient (Wildman–Crippen LogP) is 1.80.